The van der Waals surface area contributed by atoms with Crippen molar-refractivity contribution in [3.63, 3.8) is 0 Å². The SMILES string of the molecule is C=CC1=C(C(=O)O)N2C(=O)C(NC(=O)/C(=N/OC(C)=O)c3csc(N)n3)[C@H]2SC1.Cl. The van der Waals surface area contributed by atoms with Gasteiger partial charge in [0.05, 0.1) is 0 Å². The number of oxime groups is 1. The second-order valence-electron chi connectivity index (χ2n) is 5.84. The number of fused-ring (bicyclic) bond motifs is 1. The summed E-state index contributed by atoms with van der Waals surface area (Å²) in [4.78, 5) is 57.4. The molecule has 0 bridgehead atoms. The molecule has 3 heterocycles. The smallest absolute Gasteiger partial charge is 0.352 e. The van der Waals surface area contributed by atoms with E-state index in [2.05, 4.69) is 26.9 Å². The molecule has 0 aliphatic carbocycles. The van der Waals surface area contributed by atoms with Crippen molar-refractivity contribution in [2.24, 2.45) is 5.16 Å². The number of anilines is 1. The van der Waals surface area contributed by atoms with Crippen LogP contribution in [0, 0.1) is 0 Å². The van der Waals surface area contributed by atoms with Gasteiger partial charge in [-0.05, 0) is 5.57 Å². The van der Waals surface area contributed by atoms with Crippen LogP contribution < -0.4 is 11.1 Å². The molecule has 2 aliphatic rings. The van der Waals surface area contributed by atoms with Crippen LogP contribution in [0.4, 0.5) is 5.13 Å². The fraction of sp³-hybridized carbons (Fsp3) is 0.250. The topological polar surface area (TPSA) is 164 Å². The number of nitrogens with zero attached hydrogens (tertiary/aromatic N) is 3. The number of aliphatic carboxylic acids is 1. The Hall–Kier alpha value is -2.90. The molecule has 1 fully saturated rings. The van der Waals surface area contributed by atoms with Crippen LogP contribution >= 0.6 is 35.5 Å². The molecule has 2 aliphatic heterocycles. The lowest BCUT2D eigenvalue weighted by Crippen LogP contribution is -2.71. The molecule has 0 spiro atoms. The van der Waals surface area contributed by atoms with E-state index in [1.807, 2.05) is 0 Å². The van der Waals surface area contributed by atoms with Crippen molar-refractivity contribution in [1.29, 1.82) is 0 Å². The summed E-state index contributed by atoms with van der Waals surface area (Å²) < 4.78 is 0. The maximum atomic E-state index is 12.7. The number of rotatable bonds is 6. The minimum atomic E-state index is -1.25. The standard InChI is InChI=1S/C16H15N5O6S2.ClH/c1-3-7-4-28-14-10(13(24)21(14)11(7)15(25)26)19-12(23)9(20-27-6(2)22)8-5-29-16(17)18-8;/h3,5,10,14H,1,4H2,2H3,(H2,17,18)(H,19,23)(H,25,26);1H/b20-9+;/t10?,14-;/m1./s1. The molecule has 2 atom stereocenters. The van der Waals surface area contributed by atoms with Gasteiger partial charge in [-0.15, -0.1) is 35.5 Å². The van der Waals surface area contributed by atoms with Crippen LogP contribution in [0.1, 0.15) is 12.6 Å². The second kappa shape index (κ2) is 9.28. The average molecular weight is 474 g/mol. The van der Waals surface area contributed by atoms with Crippen LogP contribution in [0.3, 0.4) is 0 Å². The van der Waals surface area contributed by atoms with Gasteiger partial charge in [-0.2, -0.15) is 0 Å². The van der Waals surface area contributed by atoms with Gasteiger partial charge < -0.3 is 21.0 Å². The molecule has 1 unspecified atom stereocenters. The first-order chi connectivity index (χ1) is 13.7. The van der Waals surface area contributed by atoms with E-state index < -0.39 is 35.2 Å². The van der Waals surface area contributed by atoms with E-state index in [1.165, 1.54) is 23.2 Å². The summed E-state index contributed by atoms with van der Waals surface area (Å²) in [6, 6.07) is -0.980. The molecular weight excluding hydrogens is 458 g/mol. The Labute approximate surface area is 184 Å². The van der Waals surface area contributed by atoms with Crippen molar-refractivity contribution in [1.82, 2.24) is 15.2 Å². The third-order valence-electron chi connectivity index (χ3n) is 3.98. The van der Waals surface area contributed by atoms with Crippen LogP contribution in [0.15, 0.2) is 34.5 Å². The molecule has 14 heteroatoms. The number of nitrogens with one attached hydrogen (secondary N) is 1. The minimum Gasteiger partial charge on any atom is -0.477 e. The first kappa shape index (κ1) is 23.4. The Bertz CT molecular complexity index is 991. The number of aromatic nitrogens is 1. The third kappa shape index (κ3) is 4.32. The number of allylic oxidation sites excluding steroid dienone is 1. The van der Waals surface area contributed by atoms with Crippen molar-refractivity contribution in [2.75, 3.05) is 11.5 Å². The average Bonchev–Trinajstić information content (AvgIpc) is 3.10. The Balaban J connectivity index is 0.00000320. The number of hydrogen-bond acceptors (Lipinski definition) is 10. The summed E-state index contributed by atoms with van der Waals surface area (Å²) in [7, 11) is 0. The molecule has 30 heavy (non-hydrogen) atoms. The van der Waals surface area contributed by atoms with Crippen LogP contribution in [0.5, 0.6) is 0 Å². The highest BCUT2D eigenvalue weighted by Gasteiger charge is 2.54. The molecule has 2 amide bonds. The molecule has 11 nitrogen and oxygen atoms in total. The number of hydrogen-bond donors (Lipinski definition) is 3. The predicted molar refractivity (Wildman–Crippen MR) is 112 cm³/mol. The highest BCUT2D eigenvalue weighted by molar-refractivity contribution is 8.00. The van der Waals surface area contributed by atoms with Crippen molar-refractivity contribution >= 4 is 70.1 Å². The lowest BCUT2D eigenvalue weighted by Gasteiger charge is -2.49. The van der Waals surface area contributed by atoms with Crippen molar-refractivity contribution in [3.8, 4) is 0 Å². The highest BCUT2D eigenvalue weighted by atomic mass is 35.5. The Morgan fingerprint density at radius 2 is 2.20 bits per heavy atom. The van der Waals surface area contributed by atoms with Crippen molar-refractivity contribution in [2.45, 2.75) is 18.3 Å². The number of carbonyl (C=O) groups excluding carboxylic acids is 3. The molecule has 0 radical (unpaired) electrons. The fourth-order valence-corrected chi connectivity index (χ4v) is 4.61. The zero-order valence-corrected chi connectivity index (χ0v) is 17.8. The molecule has 0 aromatic carbocycles. The molecule has 0 saturated carbocycles. The van der Waals surface area contributed by atoms with Gasteiger partial charge in [-0.25, -0.2) is 14.6 Å². The third-order valence-corrected chi connectivity index (χ3v) is 5.95. The number of carbonyl (C=O) groups is 4. The highest BCUT2D eigenvalue weighted by Crippen LogP contribution is 2.40. The minimum absolute atomic E-state index is 0. The lowest BCUT2D eigenvalue weighted by atomic mass is 10.0. The summed E-state index contributed by atoms with van der Waals surface area (Å²) in [5, 5.41) is 16.5. The van der Waals surface area contributed by atoms with Gasteiger partial charge in [0, 0.05) is 18.1 Å². The van der Waals surface area contributed by atoms with Crippen LogP contribution in [0.25, 0.3) is 0 Å². The van der Waals surface area contributed by atoms with Gasteiger partial charge in [-0.3, -0.25) is 14.5 Å². The number of carboxylic acids is 1. The Kier molecular flexibility index (Phi) is 7.23. The van der Waals surface area contributed by atoms with Gasteiger partial charge in [0.15, 0.2) is 10.8 Å². The number of β-lactam (4-membered cyclic amide) rings is 1. The number of thioether (sulfide) groups is 1. The van der Waals surface area contributed by atoms with E-state index in [9.17, 15) is 24.3 Å². The first-order valence-electron chi connectivity index (χ1n) is 8.06. The van der Waals surface area contributed by atoms with Crippen LogP contribution in [-0.4, -0.2) is 61.6 Å². The Morgan fingerprint density at radius 1 is 1.50 bits per heavy atom. The normalized spacial score (nSPS) is 20.5. The van der Waals surface area contributed by atoms with Gasteiger partial charge in [0.2, 0.25) is 0 Å². The number of thiazole rings is 1. The second-order valence-corrected chi connectivity index (χ2v) is 7.83. The molecule has 4 N–H and O–H groups in total. The zero-order chi connectivity index (χ0) is 21.3. The summed E-state index contributed by atoms with van der Waals surface area (Å²) in [6.07, 6.45) is 1.39. The number of halogens is 1. The summed E-state index contributed by atoms with van der Waals surface area (Å²) in [5.41, 5.74) is 5.58. The number of nitrogens with two attached hydrogens (primary N) is 1. The largest absolute Gasteiger partial charge is 0.477 e. The number of carboxylic acid groups (broad SMARTS) is 1. The predicted octanol–water partition coefficient (Wildman–Crippen LogP) is 0.339. The van der Waals surface area contributed by atoms with Gasteiger partial charge in [0.1, 0.15) is 22.8 Å². The van der Waals surface area contributed by atoms with E-state index in [-0.39, 0.29) is 34.6 Å². The van der Waals surface area contributed by atoms with E-state index in [1.54, 1.807) is 0 Å². The van der Waals surface area contributed by atoms with E-state index in [0.29, 0.717) is 11.3 Å². The van der Waals surface area contributed by atoms with E-state index in [4.69, 9.17) is 5.73 Å². The van der Waals surface area contributed by atoms with Gasteiger partial charge in [-0.1, -0.05) is 17.8 Å². The molecule has 1 aromatic rings. The van der Waals surface area contributed by atoms with Crippen molar-refractivity contribution < 1.29 is 29.1 Å². The Morgan fingerprint density at radius 3 is 2.73 bits per heavy atom. The zero-order valence-electron chi connectivity index (χ0n) is 15.4. The van der Waals surface area contributed by atoms with Gasteiger partial charge >= 0.3 is 11.9 Å². The molecule has 1 saturated heterocycles. The summed E-state index contributed by atoms with van der Waals surface area (Å²) in [5.74, 6) is -3.08. The fourth-order valence-electron chi connectivity index (χ4n) is 2.72. The van der Waals surface area contributed by atoms with E-state index in [0.717, 1.165) is 23.2 Å². The summed E-state index contributed by atoms with van der Waals surface area (Å²) in [6.45, 7) is 4.68. The first-order valence-corrected chi connectivity index (χ1v) is 9.98. The number of nitrogen functional groups attached to an aromatic ring is 1. The molecule has 1 aromatic heterocycles. The van der Waals surface area contributed by atoms with Crippen molar-refractivity contribution in [3.05, 3.63) is 35.0 Å². The monoisotopic (exact) mass is 473 g/mol. The van der Waals surface area contributed by atoms with Gasteiger partial charge in [0.25, 0.3) is 11.8 Å². The van der Waals surface area contributed by atoms with E-state index >= 15 is 0 Å². The maximum absolute atomic E-state index is 12.7. The molecule has 160 valence electrons. The lowest BCUT2D eigenvalue weighted by molar-refractivity contribution is -0.150. The maximum Gasteiger partial charge on any atom is 0.352 e. The van der Waals surface area contributed by atoms with Crippen LogP contribution in [0.2, 0.25) is 0 Å². The number of amides is 2. The summed E-state index contributed by atoms with van der Waals surface area (Å²) >= 11 is 2.34. The molecule has 3 rings (SSSR count). The quantitative estimate of drug-likeness (QED) is 0.228. The molecular formula is C16H16ClN5O6S2. The van der Waals surface area contributed by atoms with Crippen LogP contribution in [-0.2, 0) is 24.0 Å².